The molecule has 1 aliphatic rings. The second-order valence-electron chi connectivity index (χ2n) is 4.10. The van der Waals surface area contributed by atoms with E-state index in [0.717, 1.165) is 25.2 Å². The smallest absolute Gasteiger partial charge is 0.151 e. The summed E-state index contributed by atoms with van der Waals surface area (Å²) in [7, 11) is -2.79. The van der Waals surface area contributed by atoms with Gasteiger partial charge in [-0.15, -0.1) is 11.3 Å². The molecule has 1 aromatic heterocycles. The topological polar surface area (TPSA) is 50.3 Å². The molecule has 90 valence electrons. The number of aromatic nitrogens is 1. The predicted octanol–water partition coefficient (Wildman–Crippen LogP) is 1.15. The fourth-order valence-electron chi connectivity index (χ4n) is 2.09. The maximum Gasteiger partial charge on any atom is 0.151 e. The van der Waals surface area contributed by atoms with Crippen molar-refractivity contribution in [3.63, 3.8) is 0 Å². The van der Waals surface area contributed by atoms with E-state index in [9.17, 15) is 8.42 Å². The van der Waals surface area contributed by atoms with Gasteiger partial charge in [0.15, 0.2) is 9.84 Å². The normalized spacial score (nSPS) is 24.0. The Labute approximate surface area is 100 Å². The number of hydrogen-bond acceptors (Lipinski definition) is 5. The van der Waals surface area contributed by atoms with Crippen molar-refractivity contribution in [2.24, 2.45) is 0 Å². The Bertz CT molecular complexity index is 428. The van der Waals surface area contributed by atoms with Crippen LogP contribution in [0.15, 0.2) is 10.9 Å². The molecule has 1 atom stereocenters. The van der Waals surface area contributed by atoms with Crippen LogP contribution in [0.25, 0.3) is 0 Å². The van der Waals surface area contributed by atoms with E-state index in [1.54, 1.807) is 11.3 Å². The molecule has 0 unspecified atom stereocenters. The molecule has 16 heavy (non-hydrogen) atoms. The van der Waals surface area contributed by atoms with Crippen LogP contribution in [-0.2, 0) is 16.4 Å². The van der Waals surface area contributed by atoms with Gasteiger partial charge in [-0.25, -0.2) is 13.4 Å². The monoisotopic (exact) mass is 260 g/mol. The molecule has 2 heterocycles. The molecule has 0 spiro atoms. The van der Waals surface area contributed by atoms with Gasteiger partial charge in [0.05, 0.1) is 22.7 Å². The molecule has 0 aromatic carbocycles. The van der Waals surface area contributed by atoms with Crippen LogP contribution in [0.3, 0.4) is 0 Å². The summed E-state index contributed by atoms with van der Waals surface area (Å²) < 4.78 is 22.8. The van der Waals surface area contributed by atoms with Crippen LogP contribution in [0.5, 0.6) is 0 Å². The zero-order chi connectivity index (χ0) is 11.6. The average molecular weight is 260 g/mol. The van der Waals surface area contributed by atoms with Crippen molar-refractivity contribution in [3.8, 4) is 0 Å². The zero-order valence-electron chi connectivity index (χ0n) is 9.30. The third-order valence-electron chi connectivity index (χ3n) is 2.98. The zero-order valence-corrected chi connectivity index (χ0v) is 10.9. The van der Waals surface area contributed by atoms with Crippen molar-refractivity contribution < 1.29 is 8.42 Å². The van der Waals surface area contributed by atoms with Gasteiger partial charge in [-0.1, -0.05) is 6.92 Å². The molecule has 4 nitrogen and oxygen atoms in total. The minimum atomic E-state index is -2.79. The molecular weight excluding hydrogens is 244 g/mol. The summed E-state index contributed by atoms with van der Waals surface area (Å²) in [5, 5.41) is 2.02. The van der Waals surface area contributed by atoms with Gasteiger partial charge >= 0.3 is 0 Å². The second kappa shape index (κ2) is 4.81. The van der Waals surface area contributed by atoms with Crippen LogP contribution in [0.1, 0.15) is 19.0 Å². The number of rotatable bonds is 4. The maximum absolute atomic E-state index is 11.4. The molecule has 1 fully saturated rings. The molecule has 2 rings (SSSR count). The van der Waals surface area contributed by atoms with Crippen LogP contribution < -0.4 is 0 Å². The summed E-state index contributed by atoms with van der Waals surface area (Å²) in [6.45, 7) is 3.70. The van der Waals surface area contributed by atoms with Crippen LogP contribution in [0, 0.1) is 0 Å². The Morgan fingerprint density at radius 1 is 1.62 bits per heavy atom. The van der Waals surface area contributed by atoms with E-state index in [0.29, 0.717) is 11.5 Å². The standard InChI is InChI=1S/C10H16N2O2S2/c1-2-12(5-9-6-15-8-11-9)10-3-4-16(13,14)7-10/h6,8,10H,2-5,7H2,1H3/t10-/m1/s1. The molecule has 1 saturated heterocycles. The fourth-order valence-corrected chi connectivity index (χ4v) is 4.40. The van der Waals surface area contributed by atoms with Gasteiger partial charge in [-0.3, -0.25) is 4.90 Å². The predicted molar refractivity (Wildman–Crippen MR) is 65.3 cm³/mol. The average Bonchev–Trinajstić information content (AvgIpc) is 2.83. The summed E-state index contributed by atoms with van der Waals surface area (Å²) in [5.74, 6) is 0.649. The highest BCUT2D eigenvalue weighted by Gasteiger charge is 2.31. The highest BCUT2D eigenvalue weighted by Crippen LogP contribution is 2.19. The van der Waals surface area contributed by atoms with E-state index in [-0.39, 0.29) is 6.04 Å². The molecule has 0 N–H and O–H groups in total. The molecule has 0 radical (unpaired) electrons. The molecule has 1 aliphatic heterocycles. The molecule has 0 bridgehead atoms. The Morgan fingerprint density at radius 3 is 2.94 bits per heavy atom. The third-order valence-corrected chi connectivity index (χ3v) is 5.37. The van der Waals surface area contributed by atoms with Gasteiger partial charge in [-0.2, -0.15) is 0 Å². The lowest BCUT2D eigenvalue weighted by Gasteiger charge is -2.25. The Kier molecular flexibility index (Phi) is 3.61. The molecule has 6 heteroatoms. The van der Waals surface area contributed by atoms with Crippen molar-refractivity contribution in [2.75, 3.05) is 18.1 Å². The van der Waals surface area contributed by atoms with Gasteiger partial charge < -0.3 is 0 Å². The van der Waals surface area contributed by atoms with Gasteiger partial charge in [0.1, 0.15) is 0 Å². The van der Waals surface area contributed by atoms with Crippen LogP contribution in [-0.4, -0.2) is 42.4 Å². The van der Waals surface area contributed by atoms with Crippen molar-refractivity contribution in [2.45, 2.75) is 25.9 Å². The first-order chi connectivity index (χ1) is 7.61. The van der Waals surface area contributed by atoms with Gasteiger partial charge in [0, 0.05) is 18.0 Å². The van der Waals surface area contributed by atoms with Gasteiger partial charge in [-0.05, 0) is 13.0 Å². The lowest BCUT2D eigenvalue weighted by Crippen LogP contribution is -2.35. The lowest BCUT2D eigenvalue weighted by molar-refractivity contribution is 0.213. The third kappa shape index (κ3) is 2.81. The molecule has 0 amide bonds. The minimum absolute atomic E-state index is 0.177. The van der Waals surface area contributed by atoms with Crippen molar-refractivity contribution >= 4 is 21.2 Å². The van der Waals surface area contributed by atoms with Crippen LogP contribution >= 0.6 is 11.3 Å². The first-order valence-electron chi connectivity index (χ1n) is 5.42. The quantitative estimate of drug-likeness (QED) is 0.815. The summed E-state index contributed by atoms with van der Waals surface area (Å²) in [6.07, 6.45) is 0.764. The molecule has 0 saturated carbocycles. The number of sulfone groups is 1. The molecule has 1 aromatic rings. The SMILES string of the molecule is CCN(Cc1cscn1)[C@@H]1CCS(=O)(=O)C1. The van der Waals surface area contributed by atoms with Gasteiger partial charge in [0.2, 0.25) is 0 Å². The van der Waals surface area contributed by atoms with Crippen LogP contribution in [0.2, 0.25) is 0 Å². The van der Waals surface area contributed by atoms with E-state index in [1.165, 1.54) is 0 Å². The number of thiazole rings is 1. The lowest BCUT2D eigenvalue weighted by atomic mass is 10.2. The number of nitrogens with zero attached hydrogens (tertiary/aromatic N) is 2. The van der Waals surface area contributed by atoms with Crippen molar-refractivity contribution in [1.29, 1.82) is 0 Å². The minimum Gasteiger partial charge on any atom is -0.294 e. The van der Waals surface area contributed by atoms with Gasteiger partial charge in [0.25, 0.3) is 0 Å². The van der Waals surface area contributed by atoms with E-state index >= 15 is 0 Å². The van der Waals surface area contributed by atoms with Crippen molar-refractivity contribution in [1.82, 2.24) is 9.88 Å². The number of hydrogen-bond donors (Lipinski definition) is 0. The Morgan fingerprint density at radius 2 is 2.44 bits per heavy atom. The maximum atomic E-state index is 11.4. The largest absolute Gasteiger partial charge is 0.294 e. The van der Waals surface area contributed by atoms with E-state index < -0.39 is 9.84 Å². The Balaban J connectivity index is 2.01. The molecular formula is C10H16N2O2S2. The van der Waals surface area contributed by atoms with E-state index in [1.807, 2.05) is 10.9 Å². The molecule has 0 aliphatic carbocycles. The second-order valence-corrected chi connectivity index (χ2v) is 7.05. The Hall–Kier alpha value is -0.460. The summed E-state index contributed by atoms with van der Waals surface area (Å²) in [4.78, 5) is 6.45. The van der Waals surface area contributed by atoms with Crippen LogP contribution in [0.4, 0.5) is 0 Å². The van der Waals surface area contributed by atoms with E-state index in [4.69, 9.17) is 0 Å². The highest BCUT2D eigenvalue weighted by molar-refractivity contribution is 7.91. The fraction of sp³-hybridized carbons (Fsp3) is 0.700. The van der Waals surface area contributed by atoms with E-state index in [2.05, 4.69) is 16.8 Å². The highest BCUT2D eigenvalue weighted by atomic mass is 32.2. The van der Waals surface area contributed by atoms with Crippen molar-refractivity contribution in [3.05, 3.63) is 16.6 Å². The summed E-state index contributed by atoms with van der Waals surface area (Å²) >= 11 is 1.58. The first-order valence-corrected chi connectivity index (χ1v) is 8.18. The first kappa shape index (κ1) is 12.0. The summed E-state index contributed by atoms with van der Waals surface area (Å²) in [6, 6.07) is 0.177. The summed E-state index contributed by atoms with van der Waals surface area (Å²) in [5.41, 5.74) is 2.85.